The second kappa shape index (κ2) is 7.71. The molecule has 0 amide bonds. The van der Waals surface area contributed by atoms with Gasteiger partial charge in [0.25, 0.3) is 0 Å². The van der Waals surface area contributed by atoms with Gasteiger partial charge in [0.1, 0.15) is 5.75 Å². The molecule has 5 heteroatoms. The Morgan fingerprint density at radius 1 is 1.24 bits per heavy atom. The Balaban J connectivity index is 2.04. The molecule has 0 aromatic heterocycles. The van der Waals surface area contributed by atoms with Crippen LogP contribution in [0.25, 0.3) is 0 Å². The number of rotatable bonds is 6. The molecule has 1 aliphatic carbocycles. The van der Waals surface area contributed by atoms with Gasteiger partial charge in [0.05, 0.1) is 0 Å². The second-order valence-corrected chi connectivity index (χ2v) is 5.62. The number of para-hydroxylation sites is 1. The Labute approximate surface area is 125 Å². The molecule has 1 aromatic carbocycles. The molecule has 0 saturated heterocycles. The molecular formula is C16H24F2N2O. The van der Waals surface area contributed by atoms with Crippen molar-refractivity contribution in [2.75, 3.05) is 6.54 Å². The van der Waals surface area contributed by atoms with Crippen molar-refractivity contribution in [2.45, 2.75) is 57.8 Å². The van der Waals surface area contributed by atoms with E-state index in [1.165, 1.54) is 0 Å². The number of halogens is 2. The van der Waals surface area contributed by atoms with Crippen molar-refractivity contribution < 1.29 is 13.5 Å². The van der Waals surface area contributed by atoms with E-state index in [2.05, 4.69) is 16.6 Å². The first-order chi connectivity index (χ1) is 10.1. The maximum Gasteiger partial charge on any atom is 0.387 e. The highest BCUT2D eigenvalue weighted by Crippen LogP contribution is 2.27. The normalized spacial score (nSPS) is 22.8. The fraction of sp³-hybridized carbons (Fsp3) is 0.625. The molecular weight excluding hydrogens is 274 g/mol. The van der Waals surface area contributed by atoms with Crippen molar-refractivity contribution in [3.8, 4) is 5.75 Å². The van der Waals surface area contributed by atoms with Gasteiger partial charge in [0.15, 0.2) is 0 Å². The molecule has 2 N–H and O–H groups in total. The highest BCUT2D eigenvalue weighted by molar-refractivity contribution is 5.33. The van der Waals surface area contributed by atoms with E-state index < -0.39 is 6.61 Å². The average Bonchev–Trinajstić information content (AvgIpc) is 2.47. The third-order valence-corrected chi connectivity index (χ3v) is 4.23. The quantitative estimate of drug-likeness (QED) is 0.875. The SMILES string of the molecule is CCN(Cc1ccccc1OC(F)F)C1CCC(N)CC1. The van der Waals surface area contributed by atoms with Crippen LogP contribution in [0.2, 0.25) is 0 Å². The van der Waals surface area contributed by atoms with Gasteiger partial charge in [0.2, 0.25) is 0 Å². The summed E-state index contributed by atoms with van der Waals surface area (Å²) in [7, 11) is 0. The molecule has 0 spiro atoms. The van der Waals surface area contributed by atoms with Crippen LogP contribution in [0, 0.1) is 0 Å². The molecule has 2 rings (SSSR count). The first-order valence-corrected chi connectivity index (χ1v) is 7.62. The van der Waals surface area contributed by atoms with Gasteiger partial charge in [-0.2, -0.15) is 8.78 Å². The summed E-state index contributed by atoms with van der Waals surface area (Å²) in [4.78, 5) is 2.33. The summed E-state index contributed by atoms with van der Waals surface area (Å²) in [6.45, 7) is 0.849. The molecule has 0 radical (unpaired) electrons. The summed E-state index contributed by atoms with van der Waals surface area (Å²) in [6.07, 6.45) is 4.23. The number of ether oxygens (including phenoxy) is 1. The first kappa shape index (κ1) is 16.2. The highest BCUT2D eigenvalue weighted by Gasteiger charge is 2.24. The molecule has 0 aliphatic heterocycles. The van der Waals surface area contributed by atoms with Crippen LogP contribution < -0.4 is 10.5 Å². The van der Waals surface area contributed by atoms with E-state index in [1.54, 1.807) is 12.1 Å². The summed E-state index contributed by atoms with van der Waals surface area (Å²) >= 11 is 0. The molecule has 3 nitrogen and oxygen atoms in total. The largest absolute Gasteiger partial charge is 0.434 e. The highest BCUT2D eigenvalue weighted by atomic mass is 19.3. The predicted molar refractivity (Wildman–Crippen MR) is 79.4 cm³/mol. The van der Waals surface area contributed by atoms with Crippen molar-refractivity contribution in [1.82, 2.24) is 4.90 Å². The van der Waals surface area contributed by atoms with Crippen LogP contribution in [0.1, 0.15) is 38.2 Å². The Hall–Kier alpha value is -1.20. The van der Waals surface area contributed by atoms with Crippen LogP contribution in [0.15, 0.2) is 24.3 Å². The zero-order valence-electron chi connectivity index (χ0n) is 12.5. The minimum atomic E-state index is -2.78. The minimum absolute atomic E-state index is 0.276. The molecule has 1 aliphatic rings. The van der Waals surface area contributed by atoms with Crippen LogP contribution in [0.4, 0.5) is 8.78 Å². The van der Waals surface area contributed by atoms with Gasteiger partial charge in [0, 0.05) is 24.2 Å². The van der Waals surface area contributed by atoms with Gasteiger partial charge in [-0.3, -0.25) is 4.90 Å². The lowest BCUT2D eigenvalue weighted by Crippen LogP contribution is -2.40. The minimum Gasteiger partial charge on any atom is -0.434 e. The summed E-state index contributed by atoms with van der Waals surface area (Å²) in [6, 6.07) is 7.83. The van der Waals surface area contributed by atoms with E-state index in [4.69, 9.17) is 5.73 Å². The topological polar surface area (TPSA) is 38.5 Å². The van der Waals surface area contributed by atoms with Crippen LogP contribution in [-0.4, -0.2) is 30.1 Å². The number of nitrogens with two attached hydrogens (primary N) is 1. The average molecular weight is 298 g/mol. The summed E-state index contributed by atoms with van der Waals surface area (Å²) in [5.41, 5.74) is 6.76. The van der Waals surface area contributed by atoms with E-state index in [0.29, 0.717) is 18.6 Å². The van der Waals surface area contributed by atoms with Gasteiger partial charge in [-0.1, -0.05) is 25.1 Å². The third-order valence-electron chi connectivity index (χ3n) is 4.23. The Morgan fingerprint density at radius 3 is 2.52 bits per heavy atom. The monoisotopic (exact) mass is 298 g/mol. The molecule has 0 atom stereocenters. The van der Waals surface area contributed by atoms with Crippen LogP contribution in [0.3, 0.4) is 0 Å². The van der Waals surface area contributed by atoms with Crippen LogP contribution in [-0.2, 0) is 6.54 Å². The summed E-state index contributed by atoms with van der Waals surface area (Å²) in [5, 5.41) is 0. The van der Waals surface area contributed by atoms with Crippen molar-refractivity contribution in [2.24, 2.45) is 5.73 Å². The van der Waals surface area contributed by atoms with E-state index in [0.717, 1.165) is 37.8 Å². The van der Waals surface area contributed by atoms with Crippen molar-refractivity contribution in [3.05, 3.63) is 29.8 Å². The van der Waals surface area contributed by atoms with Gasteiger partial charge in [-0.25, -0.2) is 0 Å². The smallest absolute Gasteiger partial charge is 0.387 e. The van der Waals surface area contributed by atoms with E-state index in [9.17, 15) is 8.78 Å². The van der Waals surface area contributed by atoms with Crippen molar-refractivity contribution in [3.63, 3.8) is 0 Å². The van der Waals surface area contributed by atoms with Gasteiger partial charge in [-0.05, 0) is 38.3 Å². The van der Waals surface area contributed by atoms with E-state index in [-0.39, 0.29) is 5.75 Å². The number of benzene rings is 1. The lowest BCUT2D eigenvalue weighted by molar-refractivity contribution is -0.0509. The van der Waals surface area contributed by atoms with Crippen LogP contribution >= 0.6 is 0 Å². The summed E-state index contributed by atoms with van der Waals surface area (Å²) in [5.74, 6) is 0.276. The number of nitrogens with zero attached hydrogens (tertiary/aromatic N) is 1. The standard InChI is InChI=1S/C16H24F2N2O/c1-2-20(14-9-7-13(19)8-10-14)11-12-5-3-4-6-15(12)21-16(17)18/h3-6,13-14,16H,2,7-11,19H2,1H3. The van der Waals surface area contributed by atoms with E-state index in [1.807, 2.05) is 12.1 Å². The van der Waals surface area contributed by atoms with Crippen molar-refractivity contribution >= 4 is 0 Å². The van der Waals surface area contributed by atoms with Crippen molar-refractivity contribution in [1.29, 1.82) is 0 Å². The fourth-order valence-corrected chi connectivity index (χ4v) is 3.03. The molecule has 0 bridgehead atoms. The molecule has 1 aromatic rings. The lowest BCUT2D eigenvalue weighted by Gasteiger charge is -2.35. The van der Waals surface area contributed by atoms with Gasteiger partial charge >= 0.3 is 6.61 Å². The number of hydrogen-bond acceptors (Lipinski definition) is 3. The summed E-state index contributed by atoms with van der Waals surface area (Å²) < 4.78 is 29.6. The van der Waals surface area contributed by atoms with Gasteiger partial charge in [-0.15, -0.1) is 0 Å². The fourth-order valence-electron chi connectivity index (χ4n) is 3.03. The maximum absolute atomic E-state index is 12.5. The van der Waals surface area contributed by atoms with E-state index >= 15 is 0 Å². The van der Waals surface area contributed by atoms with Crippen LogP contribution in [0.5, 0.6) is 5.75 Å². The first-order valence-electron chi connectivity index (χ1n) is 7.62. The lowest BCUT2D eigenvalue weighted by atomic mass is 9.90. The Bertz CT molecular complexity index is 434. The molecule has 21 heavy (non-hydrogen) atoms. The number of hydrogen-bond donors (Lipinski definition) is 1. The maximum atomic E-state index is 12.5. The molecule has 1 saturated carbocycles. The van der Waals surface area contributed by atoms with Gasteiger partial charge < -0.3 is 10.5 Å². The zero-order valence-corrected chi connectivity index (χ0v) is 12.5. The molecule has 0 heterocycles. The molecule has 118 valence electrons. The third kappa shape index (κ3) is 4.64. The predicted octanol–water partition coefficient (Wildman–Crippen LogP) is 3.38. The number of alkyl halides is 2. The zero-order chi connectivity index (χ0) is 15.2. The Morgan fingerprint density at radius 2 is 1.90 bits per heavy atom. The molecule has 0 unspecified atom stereocenters. The second-order valence-electron chi connectivity index (χ2n) is 5.62. The molecule has 1 fully saturated rings. The Kier molecular flexibility index (Phi) is 5.94.